The summed E-state index contributed by atoms with van der Waals surface area (Å²) in [5, 5.41) is 0. The molecule has 1 aromatic heterocycles. The minimum atomic E-state index is -3.08. The highest BCUT2D eigenvalue weighted by atomic mass is 79.9. The molecule has 91 heavy (non-hydrogen) atoms. The van der Waals surface area contributed by atoms with Gasteiger partial charge in [-0.3, -0.25) is 4.99 Å². The van der Waals surface area contributed by atoms with Crippen molar-refractivity contribution in [1.82, 2.24) is 9.97 Å². The fraction of sp³-hybridized carbons (Fsp3) is 0.426. The van der Waals surface area contributed by atoms with E-state index in [2.05, 4.69) is 61.0 Å². The van der Waals surface area contributed by atoms with Gasteiger partial charge in [-0.1, -0.05) is 44.0 Å². The van der Waals surface area contributed by atoms with Gasteiger partial charge in [0.15, 0.2) is 57.8 Å². The molecule has 15 nitrogen and oxygen atoms in total. The maximum absolute atomic E-state index is 14.4. The number of alkyl halides is 6. The summed E-state index contributed by atoms with van der Waals surface area (Å²) in [4.78, 5) is 12.2. The number of nitrogen functional groups attached to an aromatic ring is 1. The molecule has 0 aliphatic carbocycles. The molecule has 2 N–H and O–H groups in total. The maximum atomic E-state index is 14.4. The van der Waals surface area contributed by atoms with Gasteiger partial charge in [0, 0.05) is 40.2 Å². The van der Waals surface area contributed by atoms with Gasteiger partial charge in [0.05, 0.1) is 72.3 Å². The van der Waals surface area contributed by atoms with Crippen LogP contribution in [0.15, 0.2) is 111 Å². The number of rotatable bonds is 13. The summed E-state index contributed by atoms with van der Waals surface area (Å²) in [6.45, 7) is 9.29. The first-order valence-electron chi connectivity index (χ1n) is 28.3. The van der Waals surface area contributed by atoms with Crippen LogP contribution in [0.2, 0.25) is 0 Å². The van der Waals surface area contributed by atoms with Gasteiger partial charge >= 0.3 is 34.1 Å². The predicted octanol–water partition coefficient (Wildman–Crippen LogP) is 13.9. The van der Waals surface area contributed by atoms with Crippen LogP contribution >= 0.6 is 31.9 Å². The molecular formula is C61H65B2Br2F11N4O11. The molecule has 0 unspecified atom stereocenters. The highest BCUT2D eigenvalue weighted by molar-refractivity contribution is 9.10. The van der Waals surface area contributed by atoms with Gasteiger partial charge < -0.3 is 57.5 Å². The molecule has 4 fully saturated rings. The molecule has 0 saturated carbocycles. The number of nitrogens with two attached hydrogens (primary N) is 1. The molecule has 0 bridgehead atoms. The average molecular weight is 1420 g/mol. The van der Waals surface area contributed by atoms with Crippen molar-refractivity contribution in [1.29, 1.82) is 0 Å². The first kappa shape index (κ1) is 72.2. The maximum Gasteiger partial charge on any atom is 0.494 e. The zero-order valence-corrected chi connectivity index (χ0v) is 53.6. The van der Waals surface area contributed by atoms with Crippen LogP contribution in [0.1, 0.15) is 97.9 Å². The Kier molecular flexibility index (Phi) is 25.0. The summed E-state index contributed by atoms with van der Waals surface area (Å²) in [6, 6.07) is 20.6. The number of ether oxygens (including phenoxy) is 7. The standard InChI is InChI=1S/C17H24BFO4.C13H16BF3O3.C13H9F3N4O.C11H12BrFO2.C7H4BrF3O/c1-16(2)17(3,4)23-18(22-16)12-5-6-15(14(19)11-12)21-13-7-9-20-10-8-13;1-12(2)13(3,4)20-14(19-12)8-5-6-10(9(15)7-8)18-11(16)17;14-7-3-6(1-2-9(7)21-13(15)16)11-10-8(4-18-11)19-5-20-12(10)17;12-8-1-2-11(10(13)7-8)15-9-3-5-14-6-4-9;8-4-1-2-6(5(9)3-4)12-7(10)11/h5-6,11,13H,7-10H2,1-4H3;5-7,11H,1-4H3;1-3,5,13H,4H2,(H2,17,19,20);1-2,7,9H,3-6H2;1-3,7H. The van der Waals surface area contributed by atoms with E-state index in [9.17, 15) is 48.3 Å². The Labute approximate surface area is 536 Å². The van der Waals surface area contributed by atoms with E-state index < -0.39 is 91.2 Å². The van der Waals surface area contributed by atoms with E-state index in [4.69, 9.17) is 43.3 Å². The largest absolute Gasteiger partial charge is 0.494 e. The lowest BCUT2D eigenvalue weighted by molar-refractivity contribution is -0.0528. The minimum Gasteiger partial charge on any atom is -0.487 e. The van der Waals surface area contributed by atoms with Gasteiger partial charge in [-0.2, -0.15) is 26.3 Å². The molecular weight excluding hydrogens is 1360 g/mol. The molecule has 6 aromatic rings. The summed E-state index contributed by atoms with van der Waals surface area (Å²) in [6.07, 6.45) is 4.66. The zero-order valence-electron chi connectivity index (χ0n) is 50.5. The number of aliphatic imine (C=N–C) groups is 1. The molecule has 5 aliphatic rings. The summed E-state index contributed by atoms with van der Waals surface area (Å²) < 4.78 is 198. The fourth-order valence-corrected chi connectivity index (χ4v) is 9.55. The lowest BCUT2D eigenvalue weighted by atomic mass is 9.79. The smallest absolute Gasteiger partial charge is 0.487 e. The van der Waals surface area contributed by atoms with Crippen LogP contribution in [0.4, 0.5) is 54.1 Å². The van der Waals surface area contributed by atoms with Gasteiger partial charge in [-0.05, 0) is 145 Å². The van der Waals surface area contributed by atoms with Crippen LogP contribution in [0.5, 0.6) is 28.7 Å². The Bertz CT molecular complexity index is 3410. The Balaban J connectivity index is 0.000000164. The number of anilines is 1. The lowest BCUT2D eigenvalue weighted by Gasteiger charge is -2.32. The van der Waals surface area contributed by atoms with E-state index >= 15 is 0 Å². The van der Waals surface area contributed by atoms with Crippen molar-refractivity contribution >= 4 is 68.6 Å². The second-order valence-electron chi connectivity index (χ2n) is 22.6. The monoisotopic (exact) mass is 1420 g/mol. The Morgan fingerprint density at radius 1 is 0.484 bits per heavy atom. The van der Waals surface area contributed by atoms with Crippen molar-refractivity contribution in [3.05, 3.63) is 152 Å². The Morgan fingerprint density at radius 2 is 0.835 bits per heavy atom. The quantitative estimate of drug-likeness (QED) is 0.0857. The fourth-order valence-electron chi connectivity index (χ4n) is 8.88. The average Bonchev–Trinajstić information content (AvgIpc) is 1.67. The summed E-state index contributed by atoms with van der Waals surface area (Å²) in [5.41, 5.74) is 6.91. The van der Waals surface area contributed by atoms with E-state index in [0.29, 0.717) is 76.7 Å². The highest BCUT2D eigenvalue weighted by Crippen LogP contribution is 2.39. The van der Waals surface area contributed by atoms with Gasteiger partial charge in [-0.15, -0.1) is 0 Å². The van der Waals surface area contributed by atoms with E-state index in [1.54, 1.807) is 24.3 Å². The van der Waals surface area contributed by atoms with Gasteiger partial charge in [0.2, 0.25) is 0 Å². The number of nitrogens with zero attached hydrogens (tertiary/aromatic N) is 3. The van der Waals surface area contributed by atoms with Crippen LogP contribution in [0.25, 0.3) is 0 Å². The van der Waals surface area contributed by atoms with Crippen LogP contribution < -0.4 is 40.3 Å². The predicted molar refractivity (Wildman–Crippen MR) is 323 cm³/mol. The van der Waals surface area contributed by atoms with Crippen molar-refractivity contribution in [2.45, 2.75) is 142 Å². The molecule has 0 atom stereocenters. The van der Waals surface area contributed by atoms with Crippen molar-refractivity contribution in [2.75, 3.05) is 32.2 Å². The number of hydrogen-bond donors (Lipinski definition) is 1. The molecule has 492 valence electrons. The van der Waals surface area contributed by atoms with Crippen LogP contribution in [0.3, 0.4) is 0 Å². The number of fused-ring (bicyclic) bond motifs is 1. The van der Waals surface area contributed by atoms with Crippen LogP contribution in [0, 0.1) is 29.1 Å². The number of hydrogen-bond acceptors (Lipinski definition) is 15. The van der Waals surface area contributed by atoms with E-state index in [0.717, 1.165) is 66.6 Å². The zero-order chi connectivity index (χ0) is 66.6. The number of halogens is 13. The molecule has 6 heterocycles. The van der Waals surface area contributed by atoms with Gasteiger partial charge in [0.25, 0.3) is 0 Å². The van der Waals surface area contributed by atoms with E-state index in [1.165, 1.54) is 36.7 Å². The van der Waals surface area contributed by atoms with E-state index in [-0.39, 0.29) is 35.4 Å². The van der Waals surface area contributed by atoms with Gasteiger partial charge in [0.1, 0.15) is 24.4 Å². The van der Waals surface area contributed by atoms with Crippen molar-refractivity contribution < 1.29 is 100 Å². The molecule has 0 amide bonds. The molecule has 5 aliphatic heterocycles. The first-order valence-corrected chi connectivity index (χ1v) is 29.9. The first-order chi connectivity index (χ1) is 42.8. The second kappa shape index (κ2) is 31.6. The van der Waals surface area contributed by atoms with Crippen molar-refractivity contribution in [3.63, 3.8) is 0 Å². The topological polar surface area (TPSA) is 166 Å². The van der Waals surface area contributed by atoms with E-state index in [1.807, 2.05) is 55.4 Å². The molecule has 11 rings (SSSR count). The van der Waals surface area contributed by atoms with Gasteiger partial charge in [-0.25, -0.2) is 31.9 Å². The lowest BCUT2D eigenvalue weighted by Crippen LogP contribution is -2.41. The number of benzene rings is 5. The van der Waals surface area contributed by atoms with Crippen molar-refractivity contribution in [2.24, 2.45) is 4.99 Å². The molecule has 0 radical (unpaired) electrons. The third kappa shape index (κ3) is 19.9. The summed E-state index contributed by atoms with van der Waals surface area (Å²) in [5.74, 6) is -3.94. The van der Waals surface area contributed by atoms with Crippen molar-refractivity contribution in [3.8, 4) is 28.7 Å². The Morgan fingerprint density at radius 3 is 1.21 bits per heavy atom. The summed E-state index contributed by atoms with van der Waals surface area (Å²) in [7, 11) is -1.30. The Hall–Kier alpha value is -6.27. The molecule has 5 aromatic carbocycles. The second-order valence-corrected chi connectivity index (χ2v) is 24.4. The number of aromatic nitrogens is 2. The normalized spacial score (nSPS) is 17.9. The minimum absolute atomic E-state index is 0.0148. The van der Waals surface area contributed by atoms with Crippen LogP contribution in [-0.4, -0.2) is 111 Å². The third-order valence-electron chi connectivity index (χ3n) is 15.1. The molecule has 0 spiro atoms. The highest BCUT2D eigenvalue weighted by Gasteiger charge is 2.53. The molecule has 30 heteroatoms. The van der Waals surface area contributed by atoms with Crippen LogP contribution in [-0.2, 0) is 34.6 Å². The molecule has 4 saturated heterocycles. The SMILES string of the molecule is CC1(C)OB(c2ccc(OC(F)F)c(F)c2)OC1(C)C.CC1(C)OB(c2ccc(OC3CCOCC3)c(F)c2)OC1(C)C.Fc1cc(Br)ccc1OC(F)F.Fc1cc(Br)ccc1OC1CCOCC1.Nc1ncnc2c1C(c1ccc(OC(F)F)c(F)c1)=NC2. The third-order valence-corrected chi connectivity index (χ3v) is 16.1. The summed E-state index contributed by atoms with van der Waals surface area (Å²) >= 11 is 6.19.